The second kappa shape index (κ2) is 30.3. The first kappa shape index (κ1) is 74.3. The number of nitrogens with one attached hydrogen (secondary N) is 1. The lowest BCUT2D eigenvalue weighted by atomic mass is 9.82. The van der Waals surface area contributed by atoms with Gasteiger partial charge < -0.3 is 19.4 Å². The Hall–Kier alpha value is -15.0. The van der Waals surface area contributed by atoms with Crippen LogP contribution in [-0.4, -0.2) is 19.1 Å². The Morgan fingerprint density at radius 3 is 1.18 bits per heavy atom. The lowest BCUT2D eigenvalue weighted by Crippen LogP contribution is -2.16. The summed E-state index contributed by atoms with van der Waals surface area (Å²) in [5.74, 6) is 0. The second-order valence-electron chi connectivity index (χ2n) is 33.5. The van der Waals surface area contributed by atoms with Crippen molar-refractivity contribution in [1.82, 2.24) is 19.1 Å². The van der Waals surface area contributed by atoms with E-state index in [1.54, 1.807) is 0 Å². The first-order valence-corrected chi connectivity index (χ1v) is 43.0. The van der Waals surface area contributed by atoms with E-state index in [2.05, 4.69) is 461 Å². The maximum atomic E-state index is 4.48. The Bertz CT molecular complexity index is 7910. The maximum Gasteiger partial charge on any atom is 0.0645 e. The highest BCUT2D eigenvalue weighted by molar-refractivity contribution is 9.10. The van der Waals surface area contributed by atoms with Crippen molar-refractivity contribution in [2.75, 3.05) is 10.2 Å². The molecule has 0 atom stereocenters. The second-order valence-corrected chi connectivity index (χ2v) is 34.4. The number of halogens is 1. The maximum absolute atomic E-state index is 4.48. The number of pyridine rings is 2. The molecule has 1 N–H and O–H groups in total. The number of aromatic nitrogens is 4. The van der Waals surface area contributed by atoms with Crippen LogP contribution in [0.1, 0.15) is 49.9 Å². The molecule has 0 spiro atoms. The average Bonchev–Trinajstić information content (AvgIpc) is 1.57. The molecule has 4 heterocycles. The molecule has 2 aliphatic rings. The molecular weight excluding hydrogens is 1560 g/mol. The zero-order valence-corrected chi connectivity index (χ0v) is 70.1. The monoisotopic (exact) mass is 1640 g/mol. The molecule has 0 saturated carbocycles. The lowest BCUT2D eigenvalue weighted by molar-refractivity contribution is 0.660. The number of fused-ring (bicyclic) bond motifs is 18. The molecule has 0 fully saturated rings. The van der Waals surface area contributed by atoms with Crippen LogP contribution in [0.3, 0.4) is 0 Å². The van der Waals surface area contributed by atoms with E-state index in [9.17, 15) is 0 Å². The van der Waals surface area contributed by atoms with Crippen LogP contribution in [0.25, 0.3) is 165 Å². The van der Waals surface area contributed by atoms with E-state index in [0.29, 0.717) is 0 Å². The van der Waals surface area contributed by atoms with Crippen LogP contribution in [0, 0.1) is 0 Å². The minimum Gasteiger partial charge on any atom is -0.355 e. The highest BCUT2D eigenvalue weighted by Gasteiger charge is 2.37. The number of nitrogens with zero attached hydrogens (tertiary/aromatic N) is 5. The average molecular weight is 1640 g/mol. The normalized spacial score (nSPS) is 12.7. The number of hydrogen-bond donors (Lipinski definition) is 1. The smallest absolute Gasteiger partial charge is 0.0645 e. The van der Waals surface area contributed by atoms with E-state index in [-0.39, 0.29) is 10.8 Å². The van der Waals surface area contributed by atoms with Gasteiger partial charge in [-0.3, -0.25) is 9.97 Å². The molecular formula is C116H83BrN6. The molecule has 22 aromatic rings. The first-order valence-electron chi connectivity index (χ1n) is 42.2. The standard InChI is InChI=1S/C58H41N3.C33H21BrN2.C25H21N/c1-58(2)53-19-8-7-18-50(53)51-29-28-47(36-54(51)58)60(46-27-22-38-11-3-4-13-43(38)34-46)45-25-20-39(21-26-45)41-14-9-15-42(33-41)44-24-30-55-52(35-44)57-49-17-6-5-12-40(49)23-31-56(57)61(55)48-16-10-32-59-37-48;34-27-14-10-22(11-15-27)24-6-3-7-25(19-24)26-13-16-31-30(20-26)33-29-9-2-1-5-23(29)12-17-32(33)36(31)28-8-4-18-35-21-28;1-25(2)23-10-6-5-9-21(23)22-14-13-20(16-24(22)25)26-19-12-11-17-7-3-4-8-18(17)15-19/h3-37H,1-2H3;1-21H;3-16,26H,1-2H3. The molecule has 6 nitrogen and oxygen atoms in total. The SMILES string of the molecule is Brc1ccc(-c2cccc(-c3ccc4c(c3)c3c5ccccc5ccc3n4-c3cccnc3)c2)cc1.CC1(C)c2ccccc2-c2ccc(N(c3ccc(-c4cccc(-c5ccc6c(c5)c5c7ccccc7ccc5n6-c5cccnc5)c4)cc3)c3ccc4ccccc4c3)cc21.CC1(C)c2ccccc2-c2ccc(Nc3ccc4ccccc4c3)cc21. The van der Waals surface area contributed by atoms with Gasteiger partial charge in [-0.1, -0.05) is 298 Å². The van der Waals surface area contributed by atoms with Crippen molar-refractivity contribution in [3.63, 3.8) is 0 Å². The topological polar surface area (TPSA) is 50.9 Å². The predicted molar refractivity (Wildman–Crippen MR) is 523 cm³/mol. The molecule has 7 heteroatoms. The fourth-order valence-corrected chi connectivity index (χ4v) is 19.7. The molecule has 2 aliphatic carbocycles. The Labute approximate surface area is 723 Å². The fourth-order valence-electron chi connectivity index (χ4n) is 19.5. The minimum absolute atomic E-state index is 0.0347. The van der Waals surface area contributed by atoms with Crippen LogP contribution < -0.4 is 10.2 Å². The van der Waals surface area contributed by atoms with Gasteiger partial charge in [0.1, 0.15) is 0 Å². The van der Waals surface area contributed by atoms with Crippen molar-refractivity contribution >= 4 is 131 Å². The van der Waals surface area contributed by atoms with Gasteiger partial charge >= 0.3 is 0 Å². The Morgan fingerprint density at radius 1 is 0.260 bits per heavy atom. The van der Waals surface area contributed by atoms with Crippen molar-refractivity contribution in [1.29, 1.82) is 0 Å². The van der Waals surface area contributed by atoms with Crippen LogP contribution in [0.15, 0.2) is 430 Å². The summed E-state index contributed by atoms with van der Waals surface area (Å²) in [5.41, 5.74) is 32.9. The quantitative estimate of drug-likeness (QED) is 0.140. The molecule has 584 valence electrons. The molecule has 18 aromatic carbocycles. The molecule has 0 radical (unpaired) electrons. The van der Waals surface area contributed by atoms with E-state index < -0.39 is 0 Å². The van der Waals surface area contributed by atoms with Crippen LogP contribution in [0.4, 0.5) is 28.4 Å². The third-order valence-corrected chi connectivity index (χ3v) is 26.1. The highest BCUT2D eigenvalue weighted by Crippen LogP contribution is 2.53. The molecule has 4 aromatic heterocycles. The molecule has 0 amide bonds. The van der Waals surface area contributed by atoms with Crippen molar-refractivity contribution in [3.8, 4) is 78.1 Å². The summed E-state index contributed by atoms with van der Waals surface area (Å²) in [7, 11) is 0. The zero-order chi connectivity index (χ0) is 82.4. The minimum atomic E-state index is -0.0966. The van der Waals surface area contributed by atoms with Crippen molar-refractivity contribution in [2.45, 2.75) is 38.5 Å². The Morgan fingerprint density at radius 2 is 0.642 bits per heavy atom. The predicted octanol–water partition coefficient (Wildman–Crippen LogP) is 31.9. The van der Waals surface area contributed by atoms with Crippen molar-refractivity contribution < 1.29 is 0 Å². The number of benzene rings is 18. The largest absolute Gasteiger partial charge is 0.355 e. The van der Waals surface area contributed by atoms with E-state index in [0.717, 1.165) is 44.3 Å². The van der Waals surface area contributed by atoms with Crippen LogP contribution >= 0.6 is 15.9 Å². The molecule has 24 rings (SSSR count). The molecule has 0 bridgehead atoms. The van der Waals surface area contributed by atoms with Crippen molar-refractivity contribution in [3.05, 3.63) is 452 Å². The van der Waals surface area contributed by atoms with Gasteiger partial charge in [-0.05, 0) is 278 Å². The van der Waals surface area contributed by atoms with Gasteiger partial charge in [-0.25, -0.2) is 0 Å². The summed E-state index contributed by atoms with van der Waals surface area (Å²) in [6.07, 6.45) is 7.54. The van der Waals surface area contributed by atoms with Gasteiger partial charge in [0, 0.05) is 77.7 Å². The van der Waals surface area contributed by atoms with E-state index in [1.165, 1.54) is 176 Å². The highest BCUT2D eigenvalue weighted by atomic mass is 79.9. The lowest BCUT2D eigenvalue weighted by Gasteiger charge is -2.28. The summed E-state index contributed by atoms with van der Waals surface area (Å²) >= 11 is 3.54. The summed E-state index contributed by atoms with van der Waals surface area (Å²) in [4.78, 5) is 11.3. The van der Waals surface area contributed by atoms with Crippen molar-refractivity contribution in [2.24, 2.45) is 0 Å². The van der Waals surface area contributed by atoms with Crippen LogP contribution in [0.5, 0.6) is 0 Å². The number of hydrogen-bond acceptors (Lipinski definition) is 4. The first-order chi connectivity index (χ1) is 60.4. The van der Waals surface area contributed by atoms with E-state index in [4.69, 9.17) is 0 Å². The molecule has 123 heavy (non-hydrogen) atoms. The molecule has 0 saturated heterocycles. The van der Waals surface area contributed by atoms with Gasteiger partial charge in [-0.15, -0.1) is 0 Å². The third-order valence-electron chi connectivity index (χ3n) is 25.6. The number of rotatable bonds is 11. The van der Waals surface area contributed by atoms with E-state index >= 15 is 0 Å². The van der Waals surface area contributed by atoms with Gasteiger partial charge in [0.05, 0.1) is 45.8 Å². The number of anilines is 5. The van der Waals surface area contributed by atoms with Crippen LogP contribution in [-0.2, 0) is 10.8 Å². The molecule has 0 aliphatic heterocycles. The van der Waals surface area contributed by atoms with E-state index in [1.807, 2.05) is 36.9 Å². The summed E-state index contributed by atoms with van der Waals surface area (Å²) < 4.78 is 5.76. The van der Waals surface area contributed by atoms with Gasteiger partial charge in [-0.2, -0.15) is 0 Å². The van der Waals surface area contributed by atoms with Gasteiger partial charge in [0.2, 0.25) is 0 Å². The summed E-state index contributed by atoms with van der Waals surface area (Å²) in [5, 5.41) is 18.6. The van der Waals surface area contributed by atoms with Gasteiger partial charge in [0.15, 0.2) is 0 Å². The summed E-state index contributed by atoms with van der Waals surface area (Å²) in [6, 6.07) is 145. The van der Waals surface area contributed by atoms with Gasteiger partial charge in [0.25, 0.3) is 0 Å². The third kappa shape index (κ3) is 13.2. The molecule has 0 unspecified atom stereocenters. The Balaban J connectivity index is 0.000000122. The zero-order valence-electron chi connectivity index (χ0n) is 68.5. The Kier molecular flexibility index (Phi) is 18.3. The van der Waals surface area contributed by atoms with Crippen LogP contribution in [0.2, 0.25) is 0 Å². The summed E-state index contributed by atoms with van der Waals surface area (Å²) in [6.45, 7) is 9.34. The fraction of sp³-hybridized carbons (Fsp3) is 0.0517.